The Morgan fingerprint density at radius 1 is 1.47 bits per heavy atom. The number of hydrazine groups is 1. The van der Waals surface area contributed by atoms with Crippen LogP contribution in [0.2, 0.25) is 5.02 Å². The highest BCUT2D eigenvalue weighted by Gasteiger charge is 2.35. The van der Waals surface area contributed by atoms with Crippen molar-refractivity contribution in [3.05, 3.63) is 11.2 Å². The van der Waals surface area contributed by atoms with E-state index in [4.69, 9.17) is 17.4 Å². The largest absolute Gasteiger partial charge is 0.350 e. The fraction of sp³-hybridized carbons (Fsp3) is 0.667. The molecule has 1 aromatic rings. The van der Waals surface area contributed by atoms with Gasteiger partial charge < -0.3 is 4.90 Å². The van der Waals surface area contributed by atoms with Gasteiger partial charge >= 0.3 is 0 Å². The van der Waals surface area contributed by atoms with E-state index in [2.05, 4.69) is 32.1 Å². The minimum absolute atomic E-state index is 0.396. The first-order valence-electron chi connectivity index (χ1n) is 6.69. The van der Waals surface area contributed by atoms with Crippen molar-refractivity contribution in [3.8, 4) is 0 Å². The lowest BCUT2D eigenvalue weighted by molar-refractivity contribution is 0.202. The summed E-state index contributed by atoms with van der Waals surface area (Å²) in [5, 5.41) is 0.581. The maximum absolute atomic E-state index is 6.25. The fourth-order valence-corrected chi connectivity index (χ4v) is 3.31. The third kappa shape index (κ3) is 2.35. The third-order valence-corrected chi connectivity index (χ3v) is 4.33. The zero-order valence-corrected chi connectivity index (χ0v) is 11.8. The summed E-state index contributed by atoms with van der Waals surface area (Å²) in [4.78, 5) is 13.3. The van der Waals surface area contributed by atoms with Gasteiger partial charge in [-0.15, -0.1) is 0 Å². The predicted octanol–water partition coefficient (Wildman–Crippen LogP) is 1.09. The van der Waals surface area contributed by atoms with Gasteiger partial charge in [-0.1, -0.05) is 11.6 Å². The van der Waals surface area contributed by atoms with E-state index in [-0.39, 0.29) is 0 Å². The average Bonchev–Trinajstić information content (AvgIpc) is 2.85. The quantitative estimate of drug-likeness (QED) is 0.625. The molecule has 2 atom stereocenters. The van der Waals surface area contributed by atoms with Gasteiger partial charge in [-0.25, -0.2) is 10.8 Å². The van der Waals surface area contributed by atoms with Gasteiger partial charge in [-0.05, 0) is 26.3 Å². The molecule has 104 valence electrons. The van der Waals surface area contributed by atoms with Crippen molar-refractivity contribution in [3.63, 3.8) is 0 Å². The summed E-state index contributed by atoms with van der Waals surface area (Å²) in [6, 6.07) is 1.02. The van der Waals surface area contributed by atoms with Gasteiger partial charge in [0.1, 0.15) is 5.02 Å². The summed E-state index contributed by atoms with van der Waals surface area (Å²) < 4.78 is 0. The van der Waals surface area contributed by atoms with Crippen molar-refractivity contribution in [2.45, 2.75) is 31.8 Å². The van der Waals surface area contributed by atoms with E-state index in [0.717, 1.165) is 18.9 Å². The van der Waals surface area contributed by atoms with Gasteiger partial charge in [-0.3, -0.25) is 10.3 Å². The number of rotatable bonds is 2. The van der Waals surface area contributed by atoms with Crippen molar-refractivity contribution >= 4 is 23.4 Å². The summed E-state index contributed by atoms with van der Waals surface area (Å²) in [5.74, 6) is 6.56. The lowest BCUT2D eigenvalue weighted by Crippen LogP contribution is -2.55. The zero-order chi connectivity index (χ0) is 13.4. The van der Waals surface area contributed by atoms with E-state index in [0.29, 0.717) is 23.1 Å². The van der Waals surface area contributed by atoms with Crippen molar-refractivity contribution in [1.29, 1.82) is 0 Å². The maximum Gasteiger partial charge on any atom is 0.239 e. The summed E-state index contributed by atoms with van der Waals surface area (Å²) in [6.07, 6.45) is 4.15. The highest BCUT2D eigenvalue weighted by atomic mass is 35.5. The molecule has 3 N–H and O–H groups in total. The van der Waals surface area contributed by atoms with Gasteiger partial charge in [-0.2, -0.15) is 4.98 Å². The molecule has 0 aliphatic carbocycles. The summed E-state index contributed by atoms with van der Waals surface area (Å²) in [7, 11) is 0. The van der Waals surface area contributed by atoms with E-state index >= 15 is 0 Å². The van der Waals surface area contributed by atoms with Gasteiger partial charge in [0.05, 0.1) is 6.20 Å². The van der Waals surface area contributed by atoms with Crippen molar-refractivity contribution in [1.82, 2.24) is 14.9 Å². The van der Waals surface area contributed by atoms with Crippen LogP contribution >= 0.6 is 11.6 Å². The predicted molar refractivity (Wildman–Crippen MR) is 76.3 cm³/mol. The zero-order valence-electron chi connectivity index (χ0n) is 11.0. The van der Waals surface area contributed by atoms with Crippen LogP contribution in [-0.2, 0) is 0 Å². The van der Waals surface area contributed by atoms with E-state index < -0.39 is 0 Å². The molecular weight excluding hydrogens is 264 g/mol. The average molecular weight is 283 g/mol. The van der Waals surface area contributed by atoms with Crippen LogP contribution < -0.4 is 16.2 Å². The molecule has 0 amide bonds. The number of hydrogen-bond acceptors (Lipinski definition) is 6. The van der Waals surface area contributed by atoms with Crippen LogP contribution in [0.25, 0.3) is 0 Å². The van der Waals surface area contributed by atoms with Crippen molar-refractivity contribution < 1.29 is 0 Å². The molecule has 2 fully saturated rings. The van der Waals surface area contributed by atoms with Crippen molar-refractivity contribution in [2.75, 3.05) is 30.0 Å². The van der Waals surface area contributed by atoms with E-state index in [1.165, 1.54) is 19.4 Å². The standard InChI is InChI=1S/C12H19ClN6/c1-8-6-18-4-2-3-9(18)7-19(8)11-10(13)5-15-12(16-11)17-14/h5,8-9H,2-4,6-7,14H2,1H3,(H,15,16,17). The number of nitrogens with one attached hydrogen (secondary N) is 1. The molecule has 3 rings (SSSR count). The highest BCUT2D eigenvalue weighted by molar-refractivity contribution is 6.32. The molecule has 7 heteroatoms. The number of aromatic nitrogens is 2. The van der Waals surface area contributed by atoms with E-state index in [1.807, 2.05) is 0 Å². The number of anilines is 2. The molecule has 0 saturated carbocycles. The first-order chi connectivity index (χ1) is 9.19. The van der Waals surface area contributed by atoms with E-state index in [1.54, 1.807) is 6.20 Å². The molecule has 2 aliphatic rings. The number of hydrogen-bond donors (Lipinski definition) is 2. The molecule has 0 aromatic carbocycles. The van der Waals surface area contributed by atoms with Gasteiger partial charge in [0.15, 0.2) is 5.82 Å². The van der Waals surface area contributed by atoms with Crippen LogP contribution in [0.15, 0.2) is 6.20 Å². The number of fused-ring (bicyclic) bond motifs is 1. The molecule has 0 bridgehead atoms. The lowest BCUT2D eigenvalue weighted by Gasteiger charge is -2.43. The Bertz CT molecular complexity index is 468. The Kier molecular flexibility index (Phi) is 3.47. The molecule has 0 radical (unpaired) electrons. The second kappa shape index (κ2) is 5.11. The number of piperazine rings is 1. The fourth-order valence-electron chi connectivity index (χ4n) is 3.11. The molecule has 2 unspecified atom stereocenters. The van der Waals surface area contributed by atoms with Crippen LogP contribution in [-0.4, -0.2) is 46.6 Å². The number of nitrogens with two attached hydrogens (primary N) is 1. The van der Waals surface area contributed by atoms with Crippen molar-refractivity contribution in [2.24, 2.45) is 5.84 Å². The summed E-state index contributed by atoms with van der Waals surface area (Å²) in [6.45, 7) is 5.47. The van der Waals surface area contributed by atoms with Gasteiger partial charge in [0.25, 0.3) is 0 Å². The highest BCUT2D eigenvalue weighted by Crippen LogP contribution is 2.31. The first-order valence-corrected chi connectivity index (χ1v) is 7.06. The molecule has 0 spiro atoms. The molecule has 3 heterocycles. The smallest absolute Gasteiger partial charge is 0.239 e. The van der Waals surface area contributed by atoms with Crippen LogP contribution in [0, 0.1) is 0 Å². The summed E-state index contributed by atoms with van der Waals surface area (Å²) in [5.41, 5.74) is 2.48. The Morgan fingerprint density at radius 3 is 3.11 bits per heavy atom. The second-order valence-electron chi connectivity index (χ2n) is 5.30. The molecular formula is C12H19ClN6. The Labute approximate surface area is 117 Å². The molecule has 6 nitrogen and oxygen atoms in total. The molecule has 2 saturated heterocycles. The Hall–Kier alpha value is -1.11. The summed E-state index contributed by atoms with van der Waals surface area (Å²) >= 11 is 6.25. The lowest BCUT2D eigenvalue weighted by atomic mass is 10.1. The second-order valence-corrected chi connectivity index (χ2v) is 5.71. The minimum atomic E-state index is 0.396. The molecule has 19 heavy (non-hydrogen) atoms. The monoisotopic (exact) mass is 282 g/mol. The Morgan fingerprint density at radius 2 is 2.32 bits per heavy atom. The minimum Gasteiger partial charge on any atom is -0.350 e. The normalized spacial score (nSPS) is 27.4. The van der Waals surface area contributed by atoms with Crippen LogP contribution in [0.1, 0.15) is 19.8 Å². The maximum atomic E-state index is 6.25. The Balaban J connectivity index is 1.88. The molecule has 2 aliphatic heterocycles. The third-order valence-electron chi connectivity index (χ3n) is 4.06. The first kappa shape index (κ1) is 12.9. The van der Waals surface area contributed by atoms with Crippen LogP contribution in [0.5, 0.6) is 0 Å². The van der Waals surface area contributed by atoms with E-state index in [9.17, 15) is 0 Å². The topological polar surface area (TPSA) is 70.3 Å². The van der Waals surface area contributed by atoms with Crippen LogP contribution in [0.3, 0.4) is 0 Å². The van der Waals surface area contributed by atoms with Gasteiger partial charge in [0.2, 0.25) is 5.95 Å². The number of halogens is 1. The number of nitrogen functional groups attached to an aromatic ring is 1. The SMILES string of the molecule is CC1CN2CCCC2CN1c1nc(NN)ncc1Cl. The van der Waals surface area contributed by atoms with Crippen LogP contribution in [0.4, 0.5) is 11.8 Å². The number of nitrogens with zero attached hydrogens (tertiary/aromatic N) is 4. The van der Waals surface area contributed by atoms with Gasteiger partial charge in [0, 0.05) is 25.2 Å². The molecule has 1 aromatic heterocycles.